The fraction of sp³-hybridized carbons (Fsp3) is 0.857. The number of amides is 1. The van der Waals surface area contributed by atoms with Crippen LogP contribution in [0.15, 0.2) is 0 Å². The molecule has 0 bridgehead atoms. The van der Waals surface area contributed by atoms with Gasteiger partial charge < -0.3 is 9.74 Å². The van der Waals surface area contributed by atoms with E-state index >= 15 is 0 Å². The van der Waals surface area contributed by atoms with E-state index in [2.05, 4.69) is 39.2 Å². The maximum atomic E-state index is 11.9. The normalized spacial score (nSPS) is 14.1. The van der Waals surface area contributed by atoms with Crippen molar-refractivity contribution in [1.82, 2.24) is 5.32 Å². The van der Waals surface area contributed by atoms with Crippen molar-refractivity contribution in [1.29, 1.82) is 0 Å². The summed E-state index contributed by atoms with van der Waals surface area (Å²) in [6, 6.07) is 0. The van der Waals surface area contributed by atoms with Crippen molar-refractivity contribution in [3.8, 4) is 0 Å². The standard InChI is InChI=1S/C14H29NO3Si/c1-8-9-13(17)15-10-12(16)11(2)18-19(6,7)14(3,4)5/h11H,8-10H2,1-7H3,(H,15,17)/t11-/m1/s1. The Kier molecular flexibility index (Phi) is 6.93. The summed E-state index contributed by atoms with van der Waals surface area (Å²) in [4.78, 5) is 23.3. The van der Waals surface area contributed by atoms with Crippen LogP contribution in [-0.4, -0.2) is 32.7 Å². The summed E-state index contributed by atoms with van der Waals surface area (Å²) in [7, 11) is -1.94. The zero-order chi connectivity index (χ0) is 15.3. The monoisotopic (exact) mass is 287 g/mol. The van der Waals surface area contributed by atoms with Crippen LogP contribution >= 0.6 is 0 Å². The van der Waals surface area contributed by atoms with E-state index in [1.54, 1.807) is 6.92 Å². The van der Waals surface area contributed by atoms with E-state index in [1.165, 1.54) is 0 Å². The molecule has 0 saturated heterocycles. The number of hydrogen-bond donors (Lipinski definition) is 1. The SMILES string of the molecule is CCCC(=O)NCC(=O)[C@@H](C)O[Si](C)(C)C(C)(C)C. The van der Waals surface area contributed by atoms with Gasteiger partial charge in [-0.2, -0.15) is 0 Å². The van der Waals surface area contributed by atoms with Gasteiger partial charge in [-0.05, 0) is 31.5 Å². The third kappa shape index (κ3) is 6.34. The Morgan fingerprint density at radius 1 is 1.26 bits per heavy atom. The lowest BCUT2D eigenvalue weighted by molar-refractivity contribution is -0.128. The average Bonchev–Trinajstić information content (AvgIpc) is 2.24. The highest BCUT2D eigenvalue weighted by Gasteiger charge is 2.39. The Labute approximate surface area is 118 Å². The molecule has 0 spiro atoms. The molecule has 0 aromatic heterocycles. The highest BCUT2D eigenvalue weighted by molar-refractivity contribution is 6.74. The molecule has 0 aromatic rings. The van der Waals surface area contributed by atoms with Crippen LogP contribution in [0.2, 0.25) is 18.1 Å². The summed E-state index contributed by atoms with van der Waals surface area (Å²) in [5.74, 6) is -0.135. The number of hydrogen-bond acceptors (Lipinski definition) is 3. The van der Waals surface area contributed by atoms with Crippen molar-refractivity contribution in [3.63, 3.8) is 0 Å². The second kappa shape index (κ2) is 7.19. The Hall–Kier alpha value is -0.683. The minimum atomic E-state index is -1.94. The fourth-order valence-electron chi connectivity index (χ4n) is 1.33. The first kappa shape index (κ1) is 18.3. The predicted molar refractivity (Wildman–Crippen MR) is 80.7 cm³/mol. The van der Waals surface area contributed by atoms with Crippen LogP contribution in [0.25, 0.3) is 0 Å². The predicted octanol–water partition coefficient (Wildman–Crippen LogP) is 2.88. The van der Waals surface area contributed by atoms with Crippen molar-refractivity contribution in [2.24, 2.45) is 0 Å². The fourth-order valence-corrected chi connectivity index (χ4v) is 2.70. The van der Waals surface area contributed by atoms with Gasteiger partial charge in [-0.15, -0.1) is 0 Å². The molecule has 0 rings (SSSR count). The summed E-state index contributed by atoms with van der Waals surface area (Å²) < 4.78 is 5.99. The molecule has 0 aromatic carbocycles. The van der Waals surface area contributed by atoms with Gasteiger partial charge in [0.05, 0.1) is 6.54 Å². The zero-order valence-electron chi connectivity index (χ0n) is 13.4. The molecule has 0 saturated carbocycles. The number of ketones is 1. The van der Waals surface area contributed by atoms with Gasteiger partial charge in [0.1, 0.15) is 6.10 Å². The van der Waals surface area contributed by atoms with Crippen molar-refractivity contribution in [3.05, 3.63) is 0 Å². The Morgan fingerprint density at radius 3 is 2.21 bits per heavy atom. The largest absolute Gasteiger partial charge is 0.407 e. The number of nitrogens with one attached hydrogen (secondary N) is 1. The molecule has 0 aliphatic carbocycles. The van der Waals surface area contributed by atoms with Crippen molar-refractivity contribution in [2.75, 3.05) is 6.54 Å². The molecule has 112 valence electrons. The number of carbonyl (C=O) groups excluding carboxylic acids is 2. The molecule has 1 amide bonds. The van der Waals surface area contributed by atoms with Crippen LogP contribution < -0.4 is 5.32 Å². The highest BCUT2D eigenvalue weighted by atomic mass is 28.4. The molecule has 0 aliphatic rings. The lowest BCUT2D eigenvalue weighted by Gasteiger charge is -2.38. The zero-order valence-corrected chi connectivity index (χ0v) is 14.4. The van der Waals surface area contributed by atoms with Crippen molar-refractivity contribution in [2.45, 2.75) is 71.7 Å². The molecule has 0 aliphatic heterocycles. The van der Waals surface area contributed by atoms with E-state index < -0.39 is 14.4 Å². The van der Waals surface area contributed by atoms with Crippen LogP contribution in [0, 0.1) is 0 Å². The number of carbonyl (C=O) groups is 2. The summed E-state index contributed by atoms with van der Waals surface area (Å²) >= 11 is 0. The Balaban J connectivity index is 4.32. The first-order valence-corrected chi connectivity index (χ1v) is 9.89. The summed E-state index contributed by atoms with van der Waals surface area (Å²) in [5.41, 5.74) is 0. The van der Waals surface area contributed by atoms with E-state index in [4.69, 9.17) is 4.43 Å². The average molecular weight is 287 g/mol. The molecule has 1 atom stereocenters. The quantitative estimate of drug-likeness (QED) is 0.733. The molecule has 5 heteroatoms. The van der Waals surface area contributed by atoms with Gasteiger partial charge in [-0.25, -0.2) is 0 Å². The lowest BCUT2D eigenvalue weighted by Crippen LogP contribution is -2.46. The maximum Gasteiger partial charge on any atom is 0.220 e. The van der Waals surface area contributed by atoms with Gasteiger partial charge in [0, 0.05) is 6.42 Å². The lowest BCUT2D eigenvalue weighted by atomic mass is 10.2. The Bertz CT molecular complexity index is 321. The molecular formula is C14H29NO3Si. The minimum Gasteiger partial charge on any atom is -0.407 e. The molecule has 19 heavy (non-hydrogen) atoms. The van der Waals surface area contributed by atoms with E-state index in [-0.39, 0.29) is 23.3 Å². The molecule has 0 unspecified atom stereocenters. The van der Waals surface area contributed by atoms with Crippen LogP contribution in [0.3, 0.4) is 0 Å². The van der Waals surface area contributed by atoms with E-state index in [9.17, 15) is 9.59 Å². The van der Waals surface area contributed by atoms with Gasteiger partial charge in [-0.1, -0.05) is 27.7 Å². The van der Waals surface area contributed by atoms with Crippen LogP contribution in [-0.2, 0) is 14.0 Å². The molecule has 1 N–H and O–H groups in total. The van der Waals surface area contributed by atoms with Gasteiger partial charge >= 0.3 is 0 Å². The van der Waals surface area contributed by atoms with E-state index in [0.29, 0.717) is 6.42 Å². The summed E-state index contributed by atoms with van der Waals surface area (Å²) in [6.07, 6.45) is 0.795. The number of rotatable bonds is 7. The van der Waals surface area contributed by atoms with Gasteiger partial charge in [0.2, 0.25) is 5.91 Å². The van der Waals surface area contributed by atoms with Gasteiger partial charge in [-0.3, -0.25) is 9.59 Å². The first-order valence-electron chi connectivity index (χ1n) is 6.98. The molecule has 4 nitrogen and oxygen atoms in total. The third-order valence-electron chi connectivity index (χ3n) is 3.67. The first-order chi connectivity index (χ1) is 8.51. The molecule has 0 fully saturated rings. The van der Waals surface area contributed by atoms with E-state index in [1.807, 2.05) is 6.92 Å². The van der Waals surface area contributed by atoms with Crippen LogP contribution in [0.1, 0.15) is 47.5 Å². The molecule has 0 heterocycles. The Morgan fingerprint density at radius 2 is 1.79 bits per heavy atom. The van der Waals surface area contributed by atoms with Crippen molar-refractivity contribution >= 4 is 20.0 Å². The van der Waals surface area contributed by atoms with Gasteiger partial charge in [0.15, 0.2) is 14.1 Å². The molecule has 0 radical (unpaired) electrons. The third-order valence-corrected chi connectivity index (χ3v) is 8.22. The minimum absolute atomic E-state index is 0.0609. The van der Waals surface area contributed by atoms with E-state index in [0.717, 1.165) is 6.42 Å². The highest BCUT2D eigenvalue weighted by Crippen LogP contribution is 2.37. The topological polar surface area (TPSA) is 55.4 Å². The number of Topliss-reactive ketones (excluding diaryl/α,β-unsaturated/α-hetero) is 1. The summed E-state index contributed by atoms with van der Waals surface area (Å²) in [6.45, 7) is 14.4. The molecular weight excluding hydrogens is 258 g/mol. The van der Waals surface area contributed by atoms with Crippen LogP contribution in [0.5, 0.6) is 0 Å². The van der Waals surface area contributed by atoms with Crippen molar-refractivity contribution < 1.29 is 14.0 Å². The van der Waals surface area contributed by atoms with Gasteiger partial charge in [0.25, 0.3) is 0 Å². The second-order valence-corrected chi connectivity index (χ2v) is 11.3. The second-order valence-electron chi connectivity index (χ2n) is 6.51. The maximum absolute atomic E-state index is 11.9. The summed E-state index contributed by atoms with van der Waals surface area (Å²) in [5, 5.41) is 2.71. The smallest absolute Gasteiger partial charge is 0.220 e. The van der Waals surface area contributed by atoms with Crippen LogP contribution in [0.4, 0.5) is 0 Å².